The van der Waals surface area contributed by atoms with E-state index < -0.39 is 17.6 Å². The van der Waals surface area contributed by atoms with Crippen LogP contribution in [0.3, 0.4) is 0 Å². The van der Waals surface area contributed by atoms with Crippen LogP contribution in [0.2, 0.25) is 0 Å². The molecule has 2 nitrogen and oxygen atoms in total. The molecule has 0 radical (unpaired) electrons. The maximum atomic E-state index is 12.9. The summed E-state index contributed by atoms with van der Waals surface area (Å²) in [5.41, 5.74) is -1.17. The summed E-state index contributed by atoms with van der Waals surface area (Å²) in [6, 6.07) is 4.88. The van der Waals surface area contributed by atoms with Crippen molar-refractivity contribution in [3.8, 4) is 0 Å². The zero-order valence-corrected chi connectivity index (χ0v) is 12.2. The highest BCUT2D eigenvalue weighted by Gasteiger charge is 2.36. The van der Waals surface area contributed by atoms with Gasteiger partial charge in [0.05, 0.1) is 11.1 Å². The van der Waals surface area contributed by atoms with Gasteiger partial charge < -0.3 is 5.32 Å². The maximum Gasteiger partial charge on any atom is 0.417 e. The fourth-order valence-electron chi connectivity index (χ4n) is 2.96. The molecule has 3 unspecified atom stereocenters. The average molecular weight is 299 g/mol. The van der Waals surface area contributed by atoms with Crippen LogP contribution in [0.15, 0.2) is 24.3 Å². The van der Waals surface area contributed by atoms with Crippen molar-refractivity contribution in [2.75, 3.05) is 0 Å². The molecule has 0 spiro atoms. The van der Waals surface area contributed by atoms with Crippen LogP contribution < -0.4 is 5.32 Å². The monoisotopic (exact) mass is 299 g/mol. The summed E-state index contributed by atoms with van der Waals surface area (Å²) < 4.78 is 38.8. The van der Waals surface area contributed by atoms with Crippen LogP contribution in [0.25, 0.3) is 0 Å². The van der Waals surface area contributed by atoms with Crippen LogP contribution in [-0.2, 0) is 6.18 Å². The number of carbonyl (C=O) groups is 1. The van der Waals surface area contributed by atoms with Crippen molar-refractivity contribution >= 4 is 5.91 Å². The molecule has 1 fully saturated rings. The molecule has 116 valence electrons. The van der Waals surface area contributed by atoms with Gasteiger partial charge >= 0.3 is 6.18 Å². The number of hydrogen-bond donors (Lipinski definition) is 1. The number of amides is 1. The lowest BCUT2D eigenvalue weighted by atomic mass is 9.78. The predicted molar refractivity (Wildman–Crippen MR) is 74.9 cm³/mol. The number of rotatable bonds is 2. The Bertz CT molecular complexity index is 512. The Kier molecular flexibility index (Phi) is 4.59. The first-order chi connectivity index (χ1) is 9.80. The van der Waals surface area contributed by atoms with Gasteiger partial charge in [0.2, 0.25) is 0 Å². The van der Waals surface area contributed by atoms with Crippen LogP contribution in [0, 0.1) is 11.8 Å². The van der Waals surface area contributed by atoms with E-state index in [1.807, 2.05) is 6.92 Å². The molecule has 1 aliphatic rings. The second kappa shape index (κ2) is 6.08. The smallest absolute Gasteiger partial charge is 0.349 e. The van der Waals surface area contributed by atoms with Gasteiger partial charge in [-0.15, -0.1) is 0 Å². The second-order valence-electron chi connectivity index (χ2n) is 5.89. The lowest BCUT2D eigenvalue weighted by Gasteiger charge is -2.34. The SMILES string of the molecule is CC1CCCC(NC(=O)c2ccccc2C(F)(F)F)C1C. The normalized spacial score (nSPS) is 26.4. The molecular weight excluding hydrogens is 279 g/mol. The third-order valence-corrected chi connectivity index (χ3v) is 4.50. The number of hydrogen-bond acceptors (Lipinski definition) is 1. The van der Waals surface area contributed by atoms with E-state index in [1.54, 1.807) is 0 Å². The van der Waals surface area contributed by atoms with Gasteiger partial charge in [-0.2, -0.15) is 13.2 Å². The summed E-state index contributed by atoms with van der Waals surface area (Å²) in [6.07, 6.45) is -1.59. The molecule has 1 saturated carbocycles. The highest BCUT2D eigenvalue weighted by molar-refractivity contribution is 5.96. The molecule has 5 heteroatoms. The van der Waals surface area contributed by atoms with Gasteiger partial charge in [0.1, 0.15) is 0 Å². The standard InChI is InChI=1S/C16H20F3NO/c1-10-6-5-9-14(11(10)2)20-15(21)12-7-3-4-8-13(12)16(17,18)19/h3-4,7-8,10-11,14H,5-6,9H2,1-2H3,(H,20,21). The minimum atomic E-state index is -4.51. The number of carbonyl (C=O) groups excluding carboxylic acids is 1. The largest absolute Gasteiger partial charge is 0.417 e. The zero-order chi connectivity index (χ0) is 15.6. The van der Waals surface area contributed by atoms with Crippen molar-refractivity contribution in [3.05, 3.63) is 35.4 Å². The van der Waals surface area contributed by atoms with Crippen LogP contribution >= 0.6 is 0 Å². The molecule has 0 heterocycles. The van der Waals surface area contributed by atoms with E-state index in [9.17, 15) is 18.0 Å². The molecule has 1 aromatic carbocycles. The van der Waals surface area contributed by atoms with E-state index >= 15 is 0 Å². The van der Waals surface area contributed by atoms with E-state index in [0.29, 0.717) is 5.92 Å². The summed E-state index contributed by atoms with van der Waals surface area (Å²) in [5, 5.41) is 2.79. The molecule has 1 aliphatic carbocycles. The van der Waals surface area contributed by atoms with Gasteiger partial charge in [-0.3, -0.25) is 4.79 Å². The van der Waals surface area contributed by atoms with Gasteiger partial charge in [0.15, 0.2) is 0 Å². The van der Waals surface area contributed by atoms with Crippen molar-refractivity contribution < 1.29 is 18.0 Å². The molecular formula is C16H20F3NO. The van der Waals surface area contributed by atoms with Crippen molar-refractivity contribution in [2.24, 2.45) is 11.8 Å². The summed E-state index contributed by atoms with van der Waals surface area (Å²) >= 11 is 0. The van der Waals surface area contributed by atoms with Gasteiger partial charge in [0.25, 0.3) is 5.91 Å². The van der Waals surface area contributed by atoms with Crippen molar-refractivity contribution in [2.45, 2.75) is 45.3 Å². The fraction of sp³-hybridized carbons (Fsp3) is 0.562. The Morgan fingerprint density at radius 2 is 1.86 bits per heavy atom. The summed E-state index contributed by atoms with van der Waals surface area (Å²) in [5.74, 6) is 0.122. The zero-order valence-electron chi connectivity index (χ0n) is 12.2. The molecule has 0 aliphatic heterocycles. The number of nitrogens with one attached hydrogen (secondary N) is 1. The highest BCUT2D eigenvalue weighted by Crippen LogP contribution is 2.33. The second-order valence-corrected chi connectivity index (χ2v) is 5.89. The lowest BCUT2D eigenvalue weighted by Crippen LogP contribution is -2.44. The van der Waals surface area contributed by atoms with E-state index in [0.717, 1.165) is 25.3 Å². The molecule has 3 atom stereocenters. The highest BCUT2D eigenvalue weighted by atomic mass is 19.4. The fourth-order valence-corrected chi connectivity index (χ4v) is 2.96. The number of alkyl halides is 3. The van der Waals surface area contributed by atoms with E-state index in [-0.39, 0.29) is 17.5 Å². The Labute approximate surface area is 122 Å². The van der Waals surface area contributed by atoms with Crippen LogP contribution in [0.1, 0.15) is 49.0 Å². The summed E-state index contributed by atoms with van der Waals surface area (Å²) in [6.45, 7) is 4.16. The minimum absolute atomic E-state index is 0.0532. The molecule has 1 aromatic rings. The Morgan fingerprint density at radius 3 is 2.52 bits per heavy atom. The van der Waals surface area contributed by atoms with Crippen LogP contribution in [-0.4, -0.2) is 11.9 Å². The molecule has 0 aromatic heterocycles. The van der Waals surface area contributed by atoms with Crippen LogP contribution in [0.4, 0.5) is 13.2 Å². The summed E-state index contributed by atoms with van der Waals surface area (Å²) in [7, 11) is 0. The van der Waals surface area contributed by atoms with Crippen molar-refractivity contribution in [1.82, 2.24) is 5.32 Å². The first-order valence-electron chi connectivity index (χ1n) is 7.27. The molecule has 0 saturated heterocycles. The number of halogens is 3. The van der Waals surface area contributed by atoms with E-state index in [4.69, 9.17) is 0 Å². The molecule has 21 heavy (non-hydrogen) atoms. The first kappa shape index (κ1) is 15.9. The third-order valence-electron chi connectivity index (χ3n) is 4.50. The molecule has 2 rings (SSSR count). The first-order valence-corrected chi connectivity index (χ1v) is 7.27. The Balaban J connectivity index is 2.18. The quantitative estimate of drug-likeness (QED) is 0.868. The Morgan fingerprint density at radius 1 is 1.19 bits per heavy atom. The van der Waals surface area contributed by atoms with Crippen molar-refractivity contribution in [1.29, 1.82) is 0 Å². The van der Waals surface area contributed by atoms with Gasteiger partial charge in [-0.1, -0.05) is 38.8 Å². The average Bonchev–Trinajstić information content (AvgIpc) is 2.43. The third kappa shape index (κ3) is 3.57. The van der Waals surface area contributed by atoms with Gasteiger partial charge in [-0.05, 0) is 30.4 Å². The van der Waals surface area contributed by atoms with E-state index in [2.05, 4.69) is 12.2 Å². The Hall–Kier alpha value is -1.52. The van der Waals surface area contributed by atoms with E-state index in [1.165, 1.54) is 18.2 Å². The van der Waals surface area contributed by atoms with Crippen molar-refractivity contribution in [3.63, 3.8) is 0 Å². The lowest BCUT2D eigenvalue weighted by molar-refractivity contribution is -0.137. The molecule has 1 amide bonds. The molecule has 0 bridgehead atoms. The summed E-state index contributed by atoms with van der Waals surface area (Å²) in [4.78, 5) is 12.2. The van der Waals surface area contributed by atoms with Gasteiger partial charge in [-0.25, -0.2) is 0 Å². The maximum absolute atomic E-state index is 12.9. The number of benzene rings is 1. The topological polar surface area (TPSA) is 29.1 Å². The van der Waals surface area contributed by atoms with Gasteiger partial charge in [0, 0.05) is 6.04 Å². The molecule has 1 N–H and O–H groups in total. The predicted octanol–water partition coefficient (Wildman–Crippen LogP) is 4.26. The minimum Gasteiger partial charge on any atom is -0.349 e. The van der Waals surface area contributed by atoms with Crippen LogP contribution in [0.5, 0.6) is 0 Å².